The van der Waals surface area contributed by atoms with E-state index in [1.807, 2.05) is 60.7 Å². The molecule has 0 N–H and O–H groups in total. The first kappa shape index (κ1) is 14.6. The van der Waals surface area contributed by atoms with E-state index in [0.29, 0.717) is 6.42 Å². The molecule has 0 radical (unpaired) electrons. The van der Waals surface area contributed by atoms with Gasteiger partial charge in [-0.05, 0) is 17.5 Å². The smallest absolute Gasteiger partial charge is 0.158 e. The number of hydrogen-bond donors (Lipinski definition) is 0. The fourth-order valence-corrected chi connectivity index (χ4v) is 2.64. The Morgan fingerprint density at radius 2 is 1.33 bits per heavy atom. The zero-order valence-electron chi connectivity index (χ0n) is 11.7. The van der Waals surface area contributed by atoms with Gasteiger partial charge in [0.05, 0.1) is 12.1 Å². The summed E-state index contributed by atoms with van der Waals surface area (Å²) < 4.78 is 0. The van der Waals surface area contributed by atoms with Crippen LogP contribution in [0.2, 0.25) is 0 Å². The lowest BCUT2D eigenvalue weighted by atomic mass is 9.68. The normalized spacial score (nSPS) is 10.6. The molecule has 0 heterocycles. The minimum absolute atomic E-state index is 0.298. The largest absolute Gasteiger partial charge is 0.197 e. The van der Waals surface area contributed by atoms with E-state index in [0.717, 1.165) is 11.1 Å². The van der Waals surface area contributed by atoms with Crippen molar-refractivity contribution in [1.82, 2.24) is 0 Å². The van der Waals surface area contributed by atoms with Crippen molar-refractivity contribution in [3.63, 3.8) is 0 Å². The van der Waals surface area contributed by atoms with Crippen molar-refractivity contribution < 1.29 is 0 Å². The Labute approximate surface area is 125 Å². The van der Waals surface area contributed by atoms with Gasteiger partial charge in [0.25, 0.3) is 0 Å². The van der Waals surface area contributed by atoms with Crippen molar-refractivity contribution in [1.29, 1.82) is 10.5 Å². The summed E-state index contributed by atoms with van der Waals surface area (Å²) in [5.41, 5.74) is 0.784. The summed E-state index contributed by atoms with van der Waals surface area (Å²) in [6.45, 7) is 3.71. The summed E-state index contributed by atoms with van der Waals surface area (Å²) in [7, 11) is 0. The fraction of sp³-hybridized carbons (Fsp3) is 0.158. The Kier molecular flexibility index (Phi) is 4.54. The fourth-order valence-electron chi connectivity index (χ4n) is 2.64. The molecular weight excluding hydrogens is 256 g/mol. The molecule has 0 aliphatic heterocycles. The first-order valence-corrected chi connectivity index (χ1v) is 6.80. The van der Waals surface area contributed by atoms with Crippen LogP contribution >= 0.6 is 0 Å². The van der Waals surface area contributed by atoms with Gasteiger partial charge in [-0.15, -0.1) is 6.58 Å². The first-order valence-electron chi connectivity index (χ1n) is 6.80. The average molecular weight is 272 g/mol. The highest BCUT2D eigenvalue weighted by molar-refractivity contribution is 5.41. The van der Waals surface area contributed by atoms with Gasteiger partial charge in [-0.2, -0.15) is 10.5 Å². The summed E-state index contributed by atoms with van der Waals surface area (Å²) in [5, 5.41) is 19.4. The second kappa shape index (κ2) is 6.55. The number of rotatable bonds is 5. The molecule has 0 saturated heterocycles. The number of benzene rings is 2. The molecule has 102 valence electrons. The van der Waals surface area contributed by atoms with Gasteiger partial charge in [0, 0.05) is 5.92 Å². The third-order valence-corrected chi connectivity index (χ3v) is 3.62. The molecule has 0 unspecified atom stereocenters. The number of allylic oxidation sites excluding steroid dienone is 1. The maximum absolute atomic E-state index is 9.68. The van der Waals surface area contributed by atoms with Gasteiger partial charge in [-0.3, -0.25) is 0 Å². The van der Waals surface area contributed by atoms with Crippen LogP contribution in [0.1, 0.15) is 23.5 Å². The van der Waals surface area contributed by atoms with Gasteiger partial charge in [0.15, 0.2) is 5.41 Å². The summed E-state index contributed by atoms with van der Waals surface area (Å²) in [6, 6.07) is 23.9. The van der Waals surface area contributed by atoms with Crippen LogP contribution in [0.25, 0.3) is 0 Å². The van der Waals surface area contributed by atoms with Crippen molar-refractivity contribution >= 4 is 0 Å². The van der Waals surface area contributed by atoms with Gasteiger partial charge in [-0.1, -0.05) is 66.7 Å². The molecule has 21 heavy (non-hydrogen) atoms. The topological polar surface area (TPSA) is 47.6 Å². The molecule has 0 fully saturated rings. The van der Waals surface area contributed by atoms with E-state index in [9.17, 15) is 10.5 Å². The van der Waals surface area contributed by atoms with Gasteiger partial charge in [0.2, 0.25) is 0 Å². The van der Waals surface area contributed by atoms with Crippen molar-refractivity contribution in [2.75, 3.05) is 0 Å². The van der Waals surface area contributed by atoms with Crippen LogP contribution in [0.4, 0.5) is 0 Å². The number of nitriles is 2. The molecule has 0 aliphatic rings. The second-order valence-corrected chi connectivity index (χ2v) is 4.94. The lowest BCUT2D eigenvalue weighted by Crippen LogP contribution is -2.26. The van der Waals surface area contributed by atoms with Crippen LogP contribution in [-0.4, -0.2) is 0 Å². The third kappa shape index (κ3) is 2.86. The van der Waals surface area contributed by atoms with E-state index in [1.54, 1.807) is 6.08 Å². The lowest BCUT2D eigenvalue weighted by Gasteiger charge is -2.29. The van der Waals surface area contributed by atoms with E-state index in [2.05, 4.69) is 18.7 Å². The molecule has 0 saturated carbocycles. The average Bonchev–Trinajstić information content (AvgIpc) is 2.56. The minimum Gasteiger partial charge on any atom is -0.197 e. The van der Waals surface area contributed by atoms with Crippen LogP contribution in [0.15, 0.2) is 73.3 Å². The quantitative estimate of drug-likeness (QED) is 0.756. The molecule has 2 rings (SSSR count). The molecule has 2 aromatic rings. The van der Waals surface area contributed by atoms with Crippen LogP contribution in [0.5, 0.6) is 0 Å². The van der Waals surface area contributed by atoms with Crippen molar-refractivity contribution in [3.05, 3.63) is 84.4 Å². The molecule has 0 amide bonds. The van der Waals surface area contributed by atoms with Gasteiger partial charge < -0.3 is 0 Å². The molecule has 0 spiro atoms. The molecule has 0 aliphatic carbocycles. The molecule has 0 atom stereocenters. The number of nitrogens with zero attached hydrogens (tertiary/aromatic N) is 2. The van der Waals surface area contributed by atoms with Gasteiger partial charge in [-0.25, -0.2) is 0 Å². The second-order valence-electron chi connectivity index (χ2n) is 4.94. The Balaban J connectivity index is 2.65. The number of hydrogen-bond acceptors (Lipinski definition) is 2. The highest BCUT2D eigenvalue weighted by atomic mass is 14.5. The monoisotopic (exact) mass is 272 g/mol. The third-order valence-electron chi connectivity index (χ3n) is 3.62. The maximum Gasteiger partial charge on any atom is 0.158 e. The molecule has 0 aromatic heterocycles. The van der Waals surface area contributed by atoms with E-state index in [4.69, 9.17) is 0 Å². The predicted octanol–water partition coefficient (Wildman–Crippen LogP) is 4.43. The van der Waals surface area contributed by atoms with E-state index >= 15 is 0 Å². The van der Waals surface area contributed by atoms with Crippen LogP contribution in [-0.2, 0) is 0 Å². The SMILES string of the molecule is C=CCC(C#N)(C#N)C(c1ccccc1)c1ccccc1. The Hall–Kier alpha value is -2.84. The van der Waals surface area contributed by atoms with Gasteiger partial charge >= 0.3 is 0 Å². The lowest BCUT2D eigenvalue weighted by molar-refractivity contribution is 0.462. The molecule has 2 heteroatoms. The maximum atomic E-state index is 9.68. The Morgan fingerprint density at radius 1 is 0.905 bits per heavy atom. The standard InChI is InChI=1S/C19H16N2/c1-2-13-19(14-20,15-21)18(16-9-5-3-6-10-16)17-11-7-4-8-12-17/h2-12,18H,1,13H2. The summed E-state index contributed by atoms with van der Waals surface area (Å²) in [5.74, 6) is -0.298. The Morgan fingerprint density at radius 3 is 1.67 bits per heavy atom. The summed E-state index contributed by atoms with van der Waals surface area (Å²) >= 11 is 0. The van der Waals surface area contributed by atoms with E-state index in [1.165, 1.54) is 0 Å². The van der Waals surface area contributed by atoms with Crippen molar-refractivity contribution in [2.24, 2.45) is 5.41 Å². The molecule has 0 bridgehead atoms. The van der Waals surface area contributed by atoms with Crippen molar-refractivity contribution in [2.45, 2.75) is 12.3 Å². The van der Waals surface area contributed by atoms with Crippen molar-refractivity contribution in [3.8, 4) is 12.1 Å². The molecule has 2 nitrogen and oxygen atoms in total. The van der Waals surface area contributed by atoms with Crippen LogP contribution < -0.4 is 0 Å². The Bertz CT molecular complexity index is 622. The first-order chi connectivity index (χ1) is 10.3. The molecule has 2 aromatic carbocycles. The van der Waals surface area contributed by atoms with E-state index in [-0.39, 0.29) is 5.92 Å². The van der Waals surface area contributed by atoms with E-state index < -0.39 is 5.41 Å². The summed E-state index contributed by atoms with van der Waals surface area (Å²) in [4.78, 5) is 0. The van der Waals surface area contributed by atoms with Crippen LogP contribution in [0.3, 0.4) is 0 Å². The zero-order chi connectivity index (χ0) is 15.1. The predicted molar refractivity (Wildman–Crippen MR) is 83.2 cm³/mol. The zero-order valence-corrected chi connectivity index (χ0v) is 11.7. The highest BCUT2D eigenvalue weighted by Crippen LogP contribution is 2.43. The van der Waals surface area contributed by atoms with Crippen LogP contribution in [0, 0.1) is 28.1 Å². The molecular formula is C19H16N2. The minimum atomic E-state index is -1.15. The summed E-state index contributed by atoms with van der Waals surface area (Å²) in [6.07, 6.45) is 1.97. The van der Waals surface area contributed by atoms with Gasteiger partial charge in [0.1, 0.15) is 0 Å². The highest BCUT2D eigenvalue weighted by Gasteiger charge is 2.40.